The van der Waals surface area contributed by atoms with Crippen molar-refractivity contribution < 1.29 is 19.1 Å². The zero-order chi connectivity index (χ0) is 19.9. The number of hydrogen-bond donors (Lipinski definition) is 2. The standard InChI is InChI=1S/C22H30N2O4/c1-15-13-28-14-19(25)20(15)24-22(27)18(12-16-8-4-2-5-9-16)23-21(26)17-10-6-3-7-11-17/h3,6-7,10-11,15-16,18,20H,2,4-5,8-9,12-14H2,1H3,(H,23,26)(H,24,27). The molecule has 1 aromatic carbocycles. The van der Waals surface area contributed by atoms with E-state index in [9.17, 15) is 14.4 Å². The molecular weight excluding hydrogens is 356 g/mol. The second kappa shape index (κ2) is 9.82. The van der Waals surface area contributed by atoms with E-state index in [1.165, 1.54) is 19.3 Å². The Bertz CT molecular complexity index is 685. The van der Waals surface area contributed by atoms with Crippen molar-refractivity contribution in [3.05, 3.63) is 35.9 Å². The van der Waals surface area contributed by atoms with Crippen molar-refractivity contribution in [2.24, 2.45) is 11.8 Å². The van der Waals surface area contributed by atoms with Crippen molar-refractivity contribution in [1.29, 1.82) is 0 Å². The van der Waals surface area contributed by atoms with Crippen molar-refractivity contribution in [2.75, 3.05) is 13.2 Å². The van der Waals surface area contributed by atoms with Gasteiger partial charge in [0.1, 0.15) is 12.6 Å². The normalized spacial score (nSPS) is 24.4. The van der Waals surface area contributed by atoms with Crippen LogP contribution in [0.4, 0.5) is 0 Å². The molecule has 1 aliphatic carbocycles. The number of carbonyl (C=O) groups is 3. The summed E-state index contributed by atoms with van der Waals surface area (Å²) in [6, 6.07) is 7.72. The zero-order valence-electron chi connectivity index (χ0n) is 16.5. The monoisotopic (exact) mass is 386 g/mol. The third-order valence-electron chi connectivity index (χ3n) is 5.79. The molecule has 1 aliphatic heterocycles. The van der Waals surface area contributed by atoms with Gasteiger partial charge < -0.3 is 15.4 Å². The first-order valence-electron chi connectivity index (χ1n) is 10.3. The van der Waals surface area contributed by atoms with Crippen LogP contribution in [0.25, 0.3) is 0 Å². The minimum absolute atomic E-state index is 0.0267. The lowest BCUT2D eigenvalue weighted by Crippen LogP contribution is -2.56. The van der Waals surface area contributed by atoms with E-state index in [4.69, 9.17) is 4.74 Å². The van der Waals surface area contributed by atoms with Crippen molar-refractivity contribution >= 4 is 17.6 Å². The number of benzene rings is 1. The minimum Gasteiger partial charge on any atom is -0.373 e. The van der Waals surface area contributed by atoms with Gasteiger partial charge in [-0.25, -0.2) is 0 Å². The van der Waals surface area contributed by atoms with Crippen molar-refractivity contribution in [3.8, 4) is 0 Å². The molecule has 2 N–H and O–H groups in total. The number of ketones is 1. The first kappa shape index (κ1) is 20.5. The van der Waals surface area contributed by atoms with Crippen LogP contribution in [0, 0.1) is 11.8 Å². The van der Waals surface area contributed by atoms with E-state index in [0.29, 0.717) is 24.5 Å². The Morgan fingerprint density at radius 3 is 2.54 bits per heavy atom. The van der Waals surface area contributed by atoms with E-state index in [-0.39, 0.29) is 30.1 Å². The van der Waals surface area contributed by atoms with Gasteiger partial charge in [0.15, 0.2) is 5.78 Å². The Morgan fingerprint density at radius 1 is 1.14 bits per heavy atom. The summed E-state index contributed by atoms with van der Waals surface area (Å²) in [6.07, 6.45) is 6.34. The van der Waals surface area contributed by atoms with Gasteiger partial charge in [-0.2, -0.15) is 0 Å². The molecule has 0 radical (unpaired) electrons. The SMILES string of the molecule is CC1COCC(=O)C1NC(=O)C(CC1CCCCC1)NC(=O)c1ccccc1. The maximum Gasteiger partial charge on any atom is 0.251 e. The third-order valence-corrected chi connectivity index (χ3v) is 5.79. The smallest absolute Gasteiger partial charge is 0.251 e. The summed E-state index contributed by atoms with van der Waals surface area (Å²) >= 11 is 0. The van der Waals surface area contributed by atoms with Crippen molar-refractivity contribution in [1.82, 2.24) is 10.6 Å². The molecule has 1 aromatic rings. The number of amides is 2. The number of ether oxygens (including phenoxy) is 1. The van der Waals surface area contributed by atoms with E-state index < -0.39 is 12.1 Å². The summed E-state index contributed by atoms with van der Waals surface area (Å²) in [4.78, 5) is 37.8. The van der Waals surface area contributed by atoms with Crippen LogP contribution in [0.15, 0.2) is 30.3 Å². The Hall–Kier alpha value is -2.21. The minimum atomic E-state index is -0.640. The topological polar surface area (TPSA) is 84.5 Å². The Kier molecular flexibility index (Phi) is 7.20. The third kappa shape index (κ3) is 5.41. The van der Waals surface area contributed by atoms with Gasteiger partial charge in [-0.3, -0.25) is 14.4 Å². The van der Waals surface area contributed by atoms with E-state index in [2.05, 4.69) is 10.6 Å². The van der Waals surface area contributed by atoms with Gasteiger partial charge in [0, 0.05) is 11.5 Å². The number of rotatable bonds is 6. The van der Waals surface area contributed by atoms with Gasteiger partial charge in [-0.05, 0) is 24.5 Å². The highest BCUT2D eigenvalue weighted by Crippen LogP contribution is 2.27. The lowest BCUT2D eigenvalue weighted by Gasteiger charge is -2.31. The molecule has 2 aliphatic rings. The maximum atomic E-state index is 13.0. The van der Waals surface area contributed by atoms with Crippen LogP contribution in [0.5, 0.6) is 0 Å². The second-order valence-electron chi connectivity index (χ2n) is 8.08. The fourth-order valence-corrected chi connectivity index (χ4v) is 4.14. The summed E-state index contributed by atoms with van der Waals surface area (Å²) in [5.74, 6) is -0.309. The Morgan fingerprint density at radius 2 is 1.86 bits per heavy atom. The maximum absolute atomic E-state index is 13.0. The molecule has 1 heterocycles. The summed E-state index contributed by atoms with van der Waals surface area (Å²) < 4.78 is 5.24. The van der Waals surface area contributed by atoms with Crippen LogP contribution in [0.3, 0.4) is 0 Å². The second-order valence-corrected chi connectivity index (χ2v) is 8.08. The molecule has 3 rings (SSSR count). The molecule has 6 nitrogen and oxygen atoms in total. The molecule has 152 valence electrons. The zero-order valence-corrected chi connectivity index (χ0v) is 16.5. The van der Waals surface area contributed by atoms with Crippen molar-refractivity contribution in [3.63, 3.8) is 0 Å². The van der Waals surface area contributed by atoms with E-state index in [1.807, 2.05) is 13.0 Å². The summed E-state index contributed by atoms with van der Waals surface area (Å²) in [5, 5.41) is 5.79. The number of carbonyl (C=O) groups excluding carboxylic acids is 3. The first-order valence-corrected chi connectivity index (χ1v) is 10.3. The van der Waals surface area contributed by atoms with Crippen LogP contribution in [-0.4, -0.2) is 42.9 Å². The highest BCUT2D eigenvalue weighted by molar-refractivity contribution is 5.98. The molecule has 2 amide bonds. The number of Topliss-reactive ketones (excluding diaryl/α,β-unsaturated/α-hetero) is 1. The predicted molar refractivity (Wildman–Crippen MR) is 106 cm³/mol. The van der Waals surface area contributed by atoms with Crippen LogP contribution in [-0.2, 0) is 14.3 Å². The van der Waals surface area contributed by atoms with Crippen LogP contribution in [0.1, 0.15) is 55.8 Å². The molecule has 28 heavy (non-hydrogen) atoms. The molecule has 6 heteroatoms. The number of hydrogen-bond acceptors (Lipinski definition) is 4. The highest BCUT2D eigenvalue weighted by Gasteiger charge is 2.34. The van der Waals surface area contributed by atoms with Crippen molar-refractivity contribution in [2.45, 2.75) is 57.5 Å². The molecular formula is C22H30N2O4. The molecule has 2 fully saturated rings. The van der Waals surface area contributed by atoms with E-state index >= 15 is 0 Å². The quantitative estimate of drug-likeness (QED) is 0.787. The molecule has 3 atom stereocenters. The summed E-state index contributed by atoms with van der Waals surface area (Å²) in [5.41, 5.74) is 0.527. The molecule has 0 bridgehead atoms. The summed E-state index contributed by atoms with van der Waals surface area (Å²) in [7, 11) is 0. The van der Waals surface area contributed by atoms with Gasteiger partial charge >= 0.3 is 0 Å². The van der Waals surface area contributed by atoms with Gasteiger partial charge in [0.05, 0.1) is 12.6 Å². The van der Waals surface area contributed by atoms with Crippen LogP contribution < -0.4 is 10.6 Å². The number of nitrogens with one attached hydrogen (secondary N) is 2. The molecule has 1 saturated heterocycles. The van der Waals surface area contributed by atoms with E-state index in [1.54, 1.807) is 24.3 Å². The van der Waals surface area contributed by atoms with Crippen LogP contribution >= 0.6 is 0 Å². The Labute approximate surface area is 166 Å². The van der Waals surface area contributed by atoms with Gasteiger partial charge in [0.2, 0.25) is 5.91 Å². The average molecular weight is 386 g/mol. The highest BCUT2D eigenvalue weighted by atomic mass is 16.5. The fraction of sp³-hybridized carbons (Fsp3) is 0.591. The van der Waals surface area contributed by atoms with Gasteiger partial charge in [-0.15, -0.1) is 0 Å². The molecule has 0 aromatic heterocycles. The Balaban J connectivity index is 1.69. The van der Waals surface area contributed by atoms with Gasteiger partial charge in [0.25, 0.3) is 5.91 Å². The average Bonchev–Trinajstić information content (AvgIpc) is 2.71. The first-order chi connectivity index (χ1) is 13.5. The van der Waals surface area contributed by atoms with Crippen LogP contribution in [0.2, 0.25) is 0 Å². The van der Waals surface area contributed by atoms with Gasteiger partial charge in [-0.1, -0.05) is 57.2 Å². The largest absolute Gasteiger partial charge is 0.373 e. The summed E-state index contributed by atoms with van der Waals surface area (Å²) in [6.45, 7) is 2.36. The molecule has 1 saturated carbocycles. The lowest BCUT2D eigenvalue weighted by molar-refractivity contribution is -0.137. The molecule has 0 spiro atoms. The predicted octanol–water partition coefficient (Wildman–Crippen LogP) is 2.48. The molecule has 3 unspecified atom stereocenters. The lowest BCUT2D eigenvalue weighted by atomic mass is 9.84. The fourth-order valence-electron chi connectivity index (χ4n) is 4.14. The van der Waals surface area contributed by atoms with E-state index in [0.717, 1.165) is 12.8 Å².